The highest BCUT2D eigenvalue weighted by molar-refractivity contribution is 6.09. The van der Waals surface area contributed by atoms with Crippen LogP contribution in [-0.2, 0) is 14.3 Å². The summed E-state index contributed by atoms with van der Waals surface area (Å²) in [5.74, 6) is -1.35. The molecule has 6 heteroatoms. The molecular weight excluding hydrogens is 298 g/mol. The van der Waals surface area contributed by atoms with E-state index in [4.69, 9.17) is 9.47 Å². The molecule has 1 aromatic rings. The maximum absolute atomic E-state index is 12.4. The second-order valence-electron chi connectivity index (χ2n) is 5.86. The lowest BCUT2D eigenvalue weighted by Gasteiger charge is -2.10. The van der Waals surface area contributed by atoms with Crippen molar-refractivity contribution in [1.29, 1.82) is 0 Å². The number of ketones is 1. The lowest BCUT2D eigenvalue weighted by Crippen LogP contribution is -2.21. The third kappa shape index (κ3) is 3.81. The lowest BCUT2D eigenvalue weighted by molar-refractivity contribution is -0.147. The molecule has 0 amide bonds. The van der Waals surface area contributed by atoms with Gasteiger partial charge in [-0.25, -0.2) is 4.79 Å². The van der Waals surface area contributed by atoms with Gasteiger partial charge in [0.05, 0.1) is 23.7 Å². The van der Waals surface area contributed by atoms with Crippen LogP contribution in [0.25, 0.3) is 0 Å². The largest absolute Gasteiger partial charge is 0.462 e. The SMILES string of the molecule is CCOC(=O)c1c(C)[nH]c(C)c1C(=O)COC(=O)C1CCCC1. The van der Waals surface area contributed by atoms with Gasteiger partial charge >= 0.3 is 11.9 Å². The van der Waals surface area contributed by atoms with Crippen molar-refractivity contribution in [3.8, 4) is 0 Å². The van der Waals surface area contributed by atoms with Gasteiger partial charge in [0, 0.05) is 11.4 Å². The first-order valence-electron chi connectivity index (χ1n) is 8.01. The fraction of sp³-hybridized carbons (Fsp3) is 0.588. The summed E-state index contributed by atoms with van der Waals surface area (Å²) in [6.45, 7) is 5.01. The molecule has 2 rings (SSSR count). The minimum Gasteiger partial charge on any atom is -0.462 e. The van der Waals surface area contributed by atoms with Gasteiger partial charge in [-0.1, -0.05) is 12.8 Å². The maximum atomic E-state index is 12.4. The van der Waals surface area contributed by atoms with Crippen LogP contribution in [0.15, 0.2) is 0 Å². The second-order valence-corrected chi connectivity index (χ2v) is 5.86. The van der Waals surface area contributed by atoms with Gasteiger partial charge in [0.2, 0.25) is 5.78 Å². The molecule has 1 aliphatic carbocycles. The fourth-order valence-electron chi connectivity index (χ4n) is 3.08. The number of carbonyl (C=O) groups excluding carboxylic acids is 3. The van der Waals surface area contributed by atoms with Gasteiger partial charge in [-0.3, -0.25) is 9.59 Å². The summed E-state index contributed by atoms with van der Waals surface area (Å²) in [4.78, 5) is 39.4. The molecule has 1 heterocycles. The number of carbonyl (C=O) groups is 3. The van der Waals surface area contributed by atoms with E-state index in [0.29, 0.717) is 11.4 Å². The van der Waals surface area contributed by atoms with Gasteiger partial charge in [-0.05, 0) is 33.6 Å². The highest BCUT2D eigenvalue weighted by Gasteiger charge is 2.28. The van der Waals surface area contributed by atoms with E-state index in [1.807, 2.05) is 0 Å². The number of aromatic nitrogens is 1. The van der Waals surface area contributed by atoms with Crippen LogP contribution in [0.2, 0.25) is 0 Å². The van der Waals surface area contributed by atoms with Crippen LogP contribution in [0.3, 0.4) is 0 Å². The van der Waals surface area contributed by atoms with Crippen molar-refractivity contribution < 1.29 is 23.9 Å². The molecule has 1 aliphatic rings. The van der Waals surface area contributed by atoms with Crippen LogP contribution in [0, 0.1) is 19.8 Å². The number of ether oxygens (including phenoxy) is 2. The minimum atomic E-state index is -0.542. The van der Waals surface area contributed by atoms with E-state index in [2.05, 4.69) is 4.98 Å². The number of aryl methyl sites for hydroxylation is 2. The Morgan fingerprint density at radius 3 is 2.26 bits per heavy atom. The Hall–Kier alpha value is -2.11. The van der Waals surface area contributed by atoms with Crippen molar-refractivity contribution >= 4 is 17.7 Å². The summed E-state index contributed by atoms with van der Waals surface area (Å²) in [5.41, 5.74) is 1.63. The summed E-state index contributed by atoms with van der Waals surface area (Å²) in [6, 6.07) is 0. The van der Waals surface area contributed by atoms with Gasteiger partial charge in [-0.2, -0.15) is 0 Å². The van der Waals surface area contributed by atoms with E-state index in [9.17, 15) is 14.4 Å². The first-order chi connectivity index (χ1) is 11.0. The summed E-state index contributed by atoms with van der Waals surface area (Å²) in [6.07, 6.45) is 3.69. The van der Waals surface area contributed by atoms with Crippen LogP contribution in [0.5, 0.6) is 0 Å². The summed E-state index contributed by atoms with van der Waals surface area (Å²) < 4.78 is 10.1. The van der Waals surface area contributed by atoms with Crippen molar-refractivity contribution in [3.63, 3.8) is 0 Å². The second kappa shape index (κ2) is 7.44. The standard InChI is InChI=1S/C17H23NO5/c1-4-22-17(21)15-11(3)18-10(2)14(15)13(19)9-23-16(20)12-7-5-6-8-12/h12,18H,4-9H2,1-3H3. The number of Topliss-reactive ketones (excluding diaryl/α,β-unsaturated/α-hetero) is 1. The third-order valence-electron chi connectivity index (χ3n) is 4.17. The number of H-pyrrole nitrogens is 1. The Balaban J connectivity index is 2.09. The third-order valence-corrected chi connectivity index (χ3v) is 4.17. The molecule has 23 heavy (non-hydrogen) atoms. The van der Waals surface area contributed by atoms with Gasteiger partial charge < -0.3 is 14.5 Å². The predicted octanol–water partition coefficient (Wildman–Crippen LogP) is 2.72. The van der Waals surface area contributed by atoms with Gasteiger partial charge in [0.15, 0.2) is 6.61 Å². The molecule has 1 saturated carbocycles. The highest BCUT2D eigenvalue weighted by Crippen LogP contribution is 2.26. The van der Waals surface area contributed by atoms with E-state index < -0.39 is 5.97 Å². The molecule has 1 N–H and O–H groups in total. The average Bonchev–Trinajstić information content (AvgIpc) is 3.12. The van der Waals surface area contributed by atoms with Crippen molar-refractivity contribution in [2.45, 2.75) is 46.5 Å². The monoisotopic (exact) mass is 321 g/mol. The van der Waals surface area contributed by atoms with Gasteiger partial charge in [-0.15, -0.1) is 0 Å². The summed E-state index contributed by atoms with van der Waals surface area (Å²) >= 11 is 0. The minimum absolute atomic E-state index is 0.0959. The Morgan fingerprint density at radius 1 is 1.04 bits per heavy atom. The van der Waals surface area contributed by atoms with Crippen molar-refractivity contribution in [2.75, 3.05) is 13.2 Å². The number of esters is 2. The Labute approximate surface area is 135 Å². The predicted molar refractivity (Wildman–Crippen MR) is 83.5 cm³/mol. The first-order valence-corrected chi connectivity index (χ1v) is 8.01. The average molecular weight is 321 g/mol. The van der Waals surface area contributed by atoms with Crippen molar-refractivity contribution in [3.05, 3.63) is 22.5 Å². The Kier molecular flexibility index (Phi) is 5.58. The van der Waals surface area contributed by atoms with Crippen LogP contribution in [0.1, 0.15) is 64.7 Å². The fourth-order valence-corrected chi connectivity index (χ4v) is 3.08. The zero-order valence-corrected chi connectivity index (χ0v) is 13.9. The molecule has 126 valence electrons. The lowest BCUT2D eigenvalue weighted by atomic mass is 10.0. The van der Waals surface area contributed by atoms with E-state index in [-0.39, 0.29) is 42.0 Å². The molecular formula is C17H23NO5. The number of rotatable bonds is 6. The Morgan fingerprint density at radius 2 is 1.65 bits per heavy atom. The Bertz CT molecular complexity index is 611. The maximum Gasteiger partial charge on any atom is 0.340 e. The van der Waals surface area contributed by atoms with E-state index in [1.54, 1.807) is 20.8 Å². The topological polar surface area (TPSA) is 85.5 Å². The molecule has 0 spiro atoms. The zero-order valence-electron chi connectivity index (χ0n) is 13.9. The molecule has 0 aliphatic heterocycles. The smallest absolute Gasteiger partial charge is 0.340 e. The van der Waals surface area contributed by atoms with Crippen molar-refractivity contribution in [2.24, 2.45) is 5.92 Å². The highest BCUT2D eigenvalue weighted by atomic mass is 16.5. The van der Waals surface area contributed by atoms with Crippen LogP contribution in [0.4, 0.5) is 0 Å². The van der Waals surface area contributed by atoms with E-state index in [1.165, 1.54) is 0 Å². The molecule has 0 bridgehead atoms. The van der Waals surface area contributed by atoms with Crippen LogP contribution >= 0.6 is 0 Å². The number of aromatic amines is 1. The first kappa shape index (κ1) is 17.2. The molecule has 0 aromatic carbocycles. The molecule has 6 nitrogen and oxygen atoms in total. The number of nitrogens with one attached hydrogen (secondary N) is 1. The van der Waals surface area contributed by atoms with Crippen molar-refractivity contribution in [1.82, 2.24) is 4.98 Å². The van der Waals surface area contributed by atoms with Gasteiger partial charge in [0.25, 0.3) is 0 Å². The summed E-state index contributed by atoms with van der Waals surface area (Å²) in [5, 5.41) is 0. The molecule has 0 unspecified atom stereocenters. The molecule has 1 aromatic heterocycles. The number of hydrogen-bond acceptors (Lipinski definition) is 5. The number of hydrogen-bond donors (Lipinski definition) is 1. The molecule has 0 atom stereocenters. The quantitative estimate of drug-likeness (QED) is 0.643. The van der Waals surface area contributed by atoms with Gasteiger partial charge in [0.1, 0.15) is 0 Å². The van der Waals surface area contributed by atoms with Crippen LogP contribution < -0.4 is 0 Å². The molecule has 0 saturated heterocycles. The van der Waals surface area contributed by atoms with E-state index in [0.717, 1.165) is 25.7 Å². The summed E-state index contributed by atoms with van der Waals surface area (Å²) in [7, 11) is 0. The molecule has 1 fully saturated rings. The van der Waals surface area contributed by atoms with E-state index >= 15 is 0 Å². The van der Waals surface area contributed by atoms with Crippen LogP contribution in [-0.4, -0.2) is 35.9 Å². The molecule has 0 radical (unpaired) electrons. The normalized spacial score (nSPS) is 14.7. The zero-order chi connectivity index (χ0) is 17.0.